The van der Waals surface area contributed by atoms with Crippen molar-refractivity contribution in [3.8, 4) is 5.75 Å². The summed E-state index contributed by atoms with van der Waals surface area (Å²) in [6.07, 6.45) is -0.128. The predicted octanol–water partition coefficient (Wildman–Crippen LogP) is 3.84. The van der Waals surface area contributed by atoms with E-state index in [1.807, 2.05) is 39.8 Å². The molecule has 174 valence electrons. The fourth-order valence-corrected chi connectivity index (χ4v) is 5.61. The maximum atomic E-state index is 13.1. The molecule has 9 heteroatoms. The van der Waals surface area contributed by atoms with Crippen LogP contribution in [0.1, 0.15) is 25.0 Å². The molecule has 0 aromatic heterocycles. The number of amides is 1. The van der Waals surface area contributed by atoms with E-state index in [1.54, 1.807) is 6.07 Å². The highest BCUT2D eigenvalue weighted by atomic mass is 32.2. The largest absolute Gasteiger partial charge is 0.489 e. The second kappa shape index (κ2) is 10.7. The summed E-state index contributed by atoms with van der Waals surface area (Å²) in [4.78, 5) is 13.9. The van der Waals surface area contributed by atoms with Crippen LogP contribution in [0.5, 0.6) is 5.75 Å². The first-order valence-electron chi connectivity index (χ1n) is 10.6. The summed E-state index contributed by atoms with van der Waals surface area (Å²) in [6.45, 7) is 9.12. The van der Waals surface area contributed by atoms with Crippen LogP contribution in [0.2, 0.25) is 0 Å². The average molecular weight is 479 g/mol. The van der Waals surface area contributed by atoms with Gasteiger partial charge in [-0.05, 0) is 57.5 Å². The van der Waals surface area contributed by atoms with Crippen molar-refractivity contribution >= 4 is 33.4 Å². The Morgan fingerprint density at radius 3 is 2.56 bits per heavy atom. The van der Waals surface area contributed by atoms with Gasteiger partial charge >= 0.3 is 0 Å². The molecule has 0 bridgehead atoms. The molecule has 3 rings (SSSR count). The Morgan fingerprint density at radius 2 is 1.88 bits per heavy atom. The van der Waals surface area contributed by atoms with Gasteiger partial charge in [0.05, 0.1) is 35.7 Å². The van der Waals surface area contributed by atoms with E-state index in [0.29, 0.717) is 37.7 Å². The van der Waals surface area contributed by atoms with Crippen LogP contribution in [0.15, 0.2) is 46.2 Å². The lowest BCUT2D eigenvalue weighted by Crippen LogP contribution is -2.40. The number of nitrogens with zero attached hydrogens (tertiary/aromatic N) is 1. The minimum absolute atomic E-state index is 0.119. The minimum Gasteiger partial charge on any atom is -0.489 e. The molecule has 1 aliphatic heterocycles. The molecule has 0 unspecified atom stereocenters. The molecular weight excluding hydrogens is 448 g/mol. The van der Waals surface area contributed by atoms with E-state index in [2.05, 4.69) is 11.4 Å². The van der Waals surface area contributed by atoms with Crippen molar-refractivity contribution < 1.29 is 22.7 Å². The van der Waals surface area contributed by atoms with Crippen LogP contribution >= 0.6 is 11.8 Å². The number of aryl methyl sites for hydroxylation is 2. The summed E-state index contributed by atoms with van der Waals surface area (Å²) in [7, 11) is -3.69. The zero-order valence-corrected chi connectivity index (χ0v) is 20.5. The Labute approximate surface area is 194 Å². The number of carbonyl (C=O) groups excluding carboxylic acids is 1. The lowest BCUT2D eigenvalue weighted by molar-refractivity contribution is -0.113. The van der Waals surface area contributed by atoms with Gasteiger partial charge in [0, 0.05) is 18.0 Å². The van der Waals surface area contributed by atoms with E-state index < -0.39 is 10.0 Å². The van der Waals surface area contributed by atoms with Crippen LogP contribution < -0.4 is 10.1 Å². The Morgan fingerprint density at radius 1 is 1.16 bits per heavy atom. The van der Waals surface area contributed by atoms with Crippen LogP contribution in [0, 0.1) is 13.8 Å². The highest BCUT2D eigenvalue weighted by Gasteiger charge is 2.27. The third kappa shape index (κ3) is 6.25. The molecule has 1 aliphatic rings. The quantitative estimate of drug-likeness (QED) is 0.581. The van der Waals surface area contributed by atoms with Crippen molar-refractivity contribution in [2.75, 3.05) is 37.4 Å². The smallest absolute Gasteiger partial charge is 0.243 e. The lowest BCUT2D eigenvalue weighted by atomic mass is 10.2. The van der Waals surface area contributed by atoms with Crippen LogP contribution in [0.3, 0.4) is 0 Å². The van der Waals surface area contributed by atoms with Gasteiger partial charge in [0.15, 0.2) is 0 Å². The van der Waals surface area contributed by atoms with Crippen molar-refractivity contribution in [2.24, 2.45) is 0 Å². The van der Waals surface area contributed by atoms with E-state index in [4.69, 9.17) is 9.47 Å². The van der Waals surface area contributed by atoms with E-state index in [9.17, 15) is 13.2 Å². The molecular formula is C23H30N2O5S2. The summed E-state index contributed by atoms with van der Waals surface area (Å²) in [5.74, 6) is 0.405. The monoisotopic (exact) mass is 478 g/mol. The summed E-state index contributed by atoms with van der Waals surface area (Å²) in [5.41, 5.74) is 2.59. The minimum atomic E-state index is -3.69. The first kappa shape index (κ1) is 24.6. The number of carbonyl (C=O) groups is 1. The SMILES string of the molecule is Cc1ccc(C)c(SCC(=O)Nc2cc(S(=O)(=O)N3CCOCC3)ccc2OC(C)C)c1. The van der Waals surface area contributed by atoms with Crippen molar-refractivity contribution in [1.82, 2.24) is 4.31 Å². The van der Waals surface area contributed by atoms with Crippen molar-refractivity contribution in [2.45, 2.75) is 43.6 Å². The zero-order chi connectivity index (χ0) is 23.3. The molecule has 0 atom stereocenters. The summed E-state index contributed by atoms with van der Waals surface area (Å²) in [5, 5.41) is 2.84. The third-order valence-corrected chi connectivity index (χ3v) is 7.95. The number of thioether (sulfide) groups is 1. The van der Waals surface area contributed by atoms with Crippen LogP contribution in [0.25, 0.3) is 0 Å². The van der Waals surface area contributed by atoms with Gasteiger partial charge in [-0.15, -0.1) is 11.8 Å². The molecule has 0 saturated carbocycles. The number of benzene rings is 2. The van der Waals surface area contributed by atoms with Gasteiger partial charge in [-0.1, -0.05) is 17.7 Å². The normalized spacial score (nSPS) is 15.0. The average Bonchev–Trinajstić information content (AvgIpc) is 2.75. The molecule has 0 radical (unpaired) electrons. The molecule has 0 aliphatic carbocycles. The van der Waals surface area contributed by atoms with Gasteiger partial charge in [0.25, 0.3) is 0 Å². The van der Waals surface area contributed by atoms with Crippen LogP contribution in [-0.4, -0.2) is 56.8 Å². The van der Waals surface area contributed by atoms with Gasteiger partial charge in [-0.2, -0.15) is 4.31 Å². The topological polar surface area (TPSA) is 84.9 Å². The molecule has 1 N–H and O–H groups in total. The van der Waals surface area contributed by atoms with Gasteiger partial charge < -0.3 is 14.8 Å². The van der Waals surface area contributed by atoms with Gasteiger partial charge in [-0.3, -0.25) is 4.79 Å². The maximum Gasteiger partial charge on any atom is 0.243 e. The zero-order valence-electron chi connectivity index (χ0n) is 18.9. The molecule has 7 nitrogen and oxygen atoms in total. The molecule has 1 heterocycles. The number of rotatable bonds is 8. The maximum absolute atomic E-state index is 13.1. The standard InChI is InChI=1S/C23H30N2O5S2/c1-16(2)30-21-8-7-19(32(27,28)25-9-11-29-12-10-25)14-20(21)24-23(26)15-31-22-13-17(3)5-6-18(22)4/h5-8,13-14,16H,9-12,15H2,1-4H3,(H,24,26). The fourth-order valence-electron chi connectivity index (χ4n) is 3.25. The summed E-state index contributed by atoms with van der Waals surface area (Å²) >= 11 is 1.45. The Bertz CT molecular complexity index is 1060. The molecule has 1 saturated heterocycles. The highest BCUT2D eigenvalue weighted by Crippen LogP contribution is 2.31. The Kier molecular flexibility index (Phi) is 8.21. The molecule has 1 amide bonds. The van der Waals surface area contributed by atoms with Crippen molar-refractivity contribution in [3.05, 3.63) is 47.5 Å². The van der Waals surface area contributed by atoms with Crippen LogP contribution in [-0.2, 0) is 19.6 Å². The van der Waals surface area contributed by atoms with Gasteiger partial charge in [0.2, 0.25) is 15.9 Å². The Balaban J connectivity index is 1.80. The highest BCUT2D eigenvalue weighted by molar-refractivity contribution is 8.00. The van der Waals surface area contributed by atoms with E-state index in [-0.39, 0.29) is 22.7 Å². The predicted molar refractivity (Wildman–Crippen MR) is 127 cm³/mol. The molecule has 1 fully saturated rings. The summed E-state index contributed by atoms with van der Waals surface area (Å²) in [6, 6.07) is 10.7. The van der Waals surface area contributed by atoms with E-state index in [0.717, 1.165) is 16.0 Å². The number of ether oxygens (including phenoxy) is 2. The number of anilines is 1. The van der Waals surface area contributed by atoms with Crippen molar-refractivity contribution in [1.29, 1.82) is 0 Å². The molecule has 2 aromatic rings. The number of hydrogen-bond donors (Lipinski definition) is 1. The van der Waals surface area contributed by atoms with Gasteiger partial charge in [-0.25, -0.2) is 8.42 Å². The third-order valence-electron chi connectivity index (χ3n) is 4.90. The van der Waals surface area contributed by atoms with Gasteiger partial charge in [0.1, 0.15) is 5.75 Å². The number of sulfonamides is 1. The summed E-state index contributed by atoms with van der Waals surface area (Å²) < 4.78 is 38.6. The first-order chi connectivity index (χ1) is 15.2. The number of morpholine rings is 1. The van der Waals surface area contributed by atoms with Crippen LogP contribution in [0.4, 0.5) is 5.69 Å². The second-order valence-electron chi connectivity index (χ2n) is 7.95. The fraction of sp³-hybridized carbons (Fsp3) is 0.435. The van der Waals surface area contributed by atoms with Crippen molar-refractivity contribution in [3.63, 3.8) is 0 Å². The second-order valence-corrected chi connectivity index (χ2v) is 10.9. The first-order valence-corrected chi connectivity index (χ1v) is 13.0. The number of nitrogens with one attached hydrogen (secondary N) is 1. The molecule has 2 aromatic carbocycles. The van der Waals surface area contributed by atoms with E-state index in [1.165, 1.54) is 28.2 Å². The van der Waals surface area contributed by atoms with E-state index >= 15 is 0 Å². The number of hydrogen-bond acceptors (Lipinski definition) is 6. The Hall–Kier alpha value is -2.07. The lowest BCUT2D eigenvalue weighted by Gasteiger charge is -2.26. The molecule has 0 spiro atoms. The molecule has 32 heavy (non-hydrogen) atoms.